The van der Waals surface area contributed by atoms with Gasteiger partial charge >= 0.3 is 0 Å². The third-order valence-electron chi connectivity index (χ3n) is 2.32. The van der Waals surface area contributed by atoms with Crippen molar-refractivity contribution < 1.29 is 4.74 Å². The molecule has 1 rings (SSSR count). The number of rotatable bonds is 3. The van der Waals surface area contributed by atoms with Crippen molar-refractivity contribution in [2.45, 2.75) is 26.4 Å². The minimum atomic E-state index is 0.154. The van der Waals surface area contributed by atoms with Crippen molar-refractivity contribution in [1.82, 2.24) is 4.90 Å². The SMILES string of the molecule is C/C=C(\N=CCC)C1CN(C)CCO1. The average molecular weight is 196 g/mol. The summed E-state index contributed by atoms with van der Waals surface area (Å²) in [6.45, 7) is 6.87. The van der Waals surface area contributed by atoms with E-state index >= 15 is 0 Å². The van der Waals surface area contributed by atoms with Gasteiger partial charge in [-0.2, -0.15) is 0 Å². The van der Waals surface area contributed by atoms with Gasteiger partial charge in [-0.3, -0.25) is 4.99 Å². The molecule has 3 nitrogen and oxygen atoms in total. The Balaban J connectivity index is 2.56. The van der Waals surface area contributed by atoms with Crippen LogP contribution in [0.5, 0.6) is 0 Å². The third-order valence-corrected chi connectivity index (χ3v) is 2.32. The lowest BCUT2D eigenvalue weighted by molar-refractivity contribution is 0.000235. The summed E-state index contributed by atoms with van der Waals surface area (Å²) in [6, 6.07) is 0. The number of likely N-dealkylation sites (N-methyl/N-ethyl adjacent to an activating group) is 1. The molecular weight excluding hydrogens is 176 g/mol. The molecule has 1 aliphatic rings. The normalized spacial score (nSPS) is 25.9. The first-order chi connectivity index (χ1) is 6.77. The third kappa shape index (κ3) is 3.24. The second-order valence-electron chi connectivity index (χ2n) is 3.56. The molecule has 1 saturated heterocycles. The first-order valence-electron chi connectivity index (χ1n) is 5.26. The van der Waals surface area contributed by atoms with E-state index in [4.69, 9.17) is 4.74 Å². The summed E-state index contributed by atoms with van der Waals surface area (Å²) in [5.74, 6) is 0. The van der Waals surface area contributed by atoms with E-state index in [0.717, 1.165) is 31.8 Å². The van der Waals surface area contributed by atoms with Gasteiger partial charge in [-0.15, -0.1) is 0 Å². The summed E-state index contributed by atoms with van der Waals surface area (Å²) in [5, 5.41) is 0. The van der Waals surface area contributed by atoms with Crippen LogP contribution in [0.4, 0.5) is 0 Å². The number of nitrogens with zero attached hydrogens (tertiary/aromatic N) is 2. The highest BCUT2D eigenvalue weighted by molar-refractivity contribution is 5.58. The minimum Gasteiger partial charge on any atom is -0.369 e. The van der Waals surface area contributed by atoms with Crippen LogP contribution in [0, 0.1) is 0 Å². The van der Waals surface area contributed by atoms with E-state index in [1.54, 1.807) is 0 Å². The van der Waals surface area contributed by atoms with Crippen molar-refractivity contribution in [2.75, 3.05) is 26.7 Å². The number of morpholine rings is 1. The van der Waals surface area contributed by atoms with Crippen molar-refractivity contribution in [1.29, 1.82) is 0 Å². The van der Waals surface area contributed by atoms with E-state index in [-0.39, 0.29) is 6.10 Å². The predicted octanol–water partition coefficient (Wildman–Crippen LogP) is 1.70. The van der Waals surface area contributed by atoms with Gasteiger partial charge in [0.15, 0.2) is 0 Å². The average Bonchev–Trinajstić information content (AvgIpc) is 2.19. The highest BCUT2D eigenvalue weighted by atomic mass is 16.5. The molecule has 1 atom stereocenters. The van der Waals surface area contributed by atoms with E-state index in [2.05, 4.69) is 23.9 Å². The van der Waals surface area contributed by atoms with Gasteiger partial charge in [-0.1, -0.05) is 13.0 Å². The molecule has 0 bridgehead atoms. The number of hydrogen-bond acceptors (Lipinski definition) is 3. The fraction of sp³-hybridized carbons (Fsp3) is 0.727. The van der Waals surface area contributed by atoms with Gasteiger partial charge in [0, 0.05) is 19.3 Å². The molecule has 1 fully saturated rings. The Morgan fingerprint density at radius 1 is 1.64 bits per heavy atom. The molecule has 1 heterocycles. The van der Waals surface area contributed by atoms with E-state index < -0.39 is 0 Å². The topological polar surface area (TPSA) is 24.8 Å². The number of ether oxygens (including phenoxy) is 1. The van der Waals surface area contributed by atoms with Crippen molar-refractivity contribution in [3.05, 3.63) is 11.8 Å². The van der Waals surface area contributed by atoms with E-state index in [9.17, 15) is 0 Å². The van der Waals surface area contributed by atoms with Crippen LogP contribution in [0.3, 0.4) is 0 Å². The smallest absolute Gasteiger partial charge is 0.112 e. The van der Waals surface area contributed by atoms with Crippen LogP contribution in [-0.4, -0.2) is 44.0 Å². The Morgan fingerprint density at radius 2 is 2.43 bits per heavy atom. The molecule has 0 aromatic heterocycles. The Hall–Kier alpha value is -0.670. The summed E-state index contributed by atoms with van der Waals surface area (Å²) in [6.07, 6.45) is 5.10. The maximum absolute atomic E-state index is 5.67. The largest absolute Gasteiger partial charge is 0.369 e. The fourth-order valence-corrected chi connectivity index (χ4v) is 1.50. The minimum absolute atomic E-state index is 0.154. The zero-order chi connectivity index (χ0) is 10.4. The van der Waals surface area contributed by atoms with Crippen LogP contribution in [0.15, 0.2) is 16.8 Å². The molecule has 0 saturated carbocycles. The second kappa shape index (κ2) is 5.94. The van der Waals surface area contributed by atoms with Crippen LogP contribution in [0.25, 0.3) is 0 Å². The van der Waals surface area contributed by atoms with Crippen molar-refractivity contribution in [2.24, 2.45) is 4.99 Å². The summed E-state index contributed by atoms with van der Waals surface area (Å²) in [7, 11) is 2.12. The summed E-state index contributed by atoms with van der Waals surface area (Å²) in [4.78, 5) is 6.68. The van der Waals surface area contributed by atoms with Crippen LogP contribution in [-0.2, 0) is 4.74 Å². The first kappa shape index (κ1) is 11.4. The predicted molar refractivity (Wildman–Crippen MR) is 59.8 cm³/mol. The quantitative estimate of drug-likeness (QED) is 0.642. The maximum atomic E-state index is 5.67. The Kier molecular flexibility index (Phi) is 4.84. The monoisotopic (exact) mass is 196 g/mol. The molecule has 0 amide bonds. The van der Waals surface area contributed by atoms with Crippen LogP contribution >= 0.6 is 0 Å². The van der Waals surface area contributed by atoms with Crippen molar-refractivity contribution in [3.63, 3.8) is 0 Å². The molecule has 1 unspecified atom stereocenters. The Morgan fingerprint density at radius 3 is 3.00 bits per heavy atom. The molecule has 14 heavy (non-hydrogen) atoms. The number of hydrogen-bond donors (Lipinski definition) is 0. The van der Waals surface area contributed by atoms with Gasteiger partial charge < -0.3 is 9.64 Å². The van der Waals surface area contributed by atoms with Gasteiger partial charge in [0.05, 0.1) is 12.3 Å². The second-order valence-corrected chi connectivity index (χ2v) is 3.56. The maximum Gasteiger partial charge on any atom is 0.112 e. The lowest BCUT2D eigenvalue weighted by Gasteiger charge is -2.30. The van der Waals surface area contributed by atoms with E-state index in [1.165, 1.54) is 0 Å². The number of allylic oxidation sites excluding steroid dienone is 1. The van der Waals surface area contributed by atoms with E-state index in [0.29, 0.717) is 0 Å². The molecule has 3 heteroatoms. The Bertz CT molecular complexity index is 223. The molecule has 80 valence electrons. The molecule has 0 aliphatic carbocycles. The fourth-order valence-electron chi connectivity index (χ4n) is 1.50. The Labute approximate surface area is 86.5 Å². The first-order valence-corrected chi connectivity index (χ1v) is 5.26. The lowest BCUT2D eigenvalue weighted by atomic mass is 10.2. The molecule has 0 aromatic rings. The molecule has 0 spiro atoms. The van der Waals surface area contributed by atoms with Gasteiger partial charge in [-0.25, -0.2) is 0 Å². The lowest BCUT2D eigenvalue weighted by Crippen LogP contribution is -2.40. The summed E-state index contributed by atoms with van der Waals surface area (Å²) in [5.41, 5.74) is 1.05. The van der Waals surface area contributed by atoms with Crippen molar-refractivity contribution in [3.8, 4) is 0 Å². The van der Waals surface area contributed by atoms with Gasteiger partial charge in [-0.05, 0) is 20.4 Å². The molecular formula is C11H20N2O. The summed E-state index contributed by atoms with van der Waals surface area (Å²) < 4.78 is 5.67. The van der Waals surface area contributed by atoms with Gasteiger partial charge in [0.1, 0.15) is 6.10 Å². The molecule has 1 aliphatic heterocycles. The van der Waals surface area contributed by atoms with Crippen LogP contribution in [0.2, 0.25) is 0 Å². The van der Waals surface area contributed by atoms with Gasteiger partial charge in [0.2, 0.25) is 0 Å². The number of aliphatic imine (C=N–C) groups is 1. The molecule has 0 N–H and O–H groups in total. The zero-order valence-corrected chi connectivity index (χ0v) is 9.36. The highest BCUT2D eigenvalue weighted by Gasteiger charge is 2.20. The van der Waals surface area contributed by atoms with Gasteiger partial charge in [0.25, 0.3) is 0 Å². The standard InChI is InChI=1S/C11H20N2O/c1-4-6-12-10(5-2)11-9-13(3)7-8-14-11/h5-6,11H,4,7-9H2,1-3H3/b10-5-,12-6?. The zero-order valence-electron chi connectivity index (χ0n) is 9.36. The highest BCUT2D eigenvalue weighted by Crippen LogP contribution is 2.13. The summed E-state index contributed by atoms with van der Waals surface area (Å²) >= 11 is 0. The molecule has 0 radical (unpaired) electrons. The van der Waals surface area contributed by atoms with Crippen LogP contribution in [0.1, 0.15) is 20.3 Å². The molecule has 0 aromatic carbocycles. The van der Waals surface area contributed by atoms with Crippen molar-refractivity contribution >= 4 is 6.21 Å². The van der Waals surface area contributed by atoms with Crippen LogP contribution < -0.4 is 0 Å². The van der Waals surface area contributed by atoms with E-state index in [1.807, 2.05) is 19.2 Å².